The Hall–Kier alpha value is -3.07. The predicted molar refractivity (Wildman–Crippen MR) is 94.6 cm³/mol. The van der Waals surface area contributed by atoms with Crippen LogP contribution in [0.1, 0.15) is 5.56 Å². The van der Waals surface area contributed by atoms with Gasteiger partial charge in [-0.05, 0) is 23.8 Å². The molecule has 0 atom stereocenters. The van der Waals surface area contributed by atoms with E-state index in [2.05, 4.69) is 4.98 Å². The fourth-order valence-corrected chi connectivity index (χ4v) is 4.06. The molecule has 1 amide bonds. The number of ether oxygens (including phenoxy) is 2. The third kappa shape index (κ3) is 3.33. The zero-order valence-electron chi connectivity index (χ0n) is 14.0. The molecule has 0 aliphatic rings. The van der Waals surface area contributed by atoms with Gasteiger partial charge in [0.25, 0.3) is 10.0 Å². The molecule has 0 saturated carbocycles. The number of primary amides is 1. The lowest BCUT2D eigenvalue weighted by Crippen LogP contribution is -2.14. The van der Waals surface area contributed by atoms with Crippen LogP contribution >= 0.6 is 0 Å². The van der Waals surface area contributed by atoms with Gasteiger partial charge in [-0.15, -0.1) is 0 Å². The number of nitrogens with two attached hydrogens (primary N) is 1. The van der Waals surface area contributed by atoms with Crippen molar-refractivity contribution in [3.8, 4) is 5.75 Å². The van der Waals surface area contributed by atoms with Crippen LogP contribution in [-0.4, -0.2) is 37.2 Å². The highest BCUT2D eigenvalue weighted by Crippen LogP contribution is 2.27. The molecule has 3 rings (SSSR count). The summed E-state index contributed by atoms with van der Waals surface area (Å²) < 4.78 is 37.2. The summed E-state index contributed by atoms with van der Waals surface area (Å²) in [6.45, 7) is 0.0516. The van der Waals surface area contributed by atoms with Gasteiger partial charge in [0.15, 0.2) is 0 Å². The Kier molecular flexibility index (Phi) is 4.81. The van der Waals surface area contributed by atoms with Gasteiger partial charge < -0.3 is 15.2 Å². The molecular formula is C17H17N3O5S. The molecule has 0 bridgehead atoms. The topological polar surface area (TPSA) is 114 Å². The molecule has 1 aromatic carbocycles. The summed E-state index contributed by atoms with van der Waals surface area (Å²) in [5.41, 5.74) is 6.10. The first-order chi connectivity index (χ1) is 12.4. The number of hydrogen-bond acceptors (Lipinski definition) is 6. The lowest BCUT2D eigenvalue weighted by Gasteiger charge is -2.08. The van der Waals surface area contributed by atoms with Crippen molar-refractivity contribution in [1.29, 1.82) is 0 Å². The van der Waals surface area contributed by atoms with Crippen molar-refractivity contribution in [2.75, 3.05) is 13.7 Å². The van der Waals surface area contributed by atoms with Crippen molar-refractivity contribution in [3.63, 3.8) is 0 Å². The second-order valence-electron chi connectivity index (χ2n) is 5.44. The molecule has 0 aliphatic carbocycles. The van der Waals surface area contributed by atoms with Crippen LogP contribution in [0.3, 0.4) is 0 Å². The molecule has 2 N–H and O–H groups in total. The SMILES string of the molecule is COc1cccc(S(=O)(=O)n2cc(CCOC(N)=O)c3ccncc32)c1. The molecule has 2 aromatic heterocycles. The standard InChI is InChI=1S/C17H17N3O5S/c1-24-13-3-2-4-14(9-13)26(22,23)20-11-12(6-8-25-17(18)21)15-5-7-19-10-16(15)20/h2-5,7,9-11H,6,8H2,1H3,(H2,18,21). The summed E-state index contributed by atoms with van der Waals surface area (Å²) in [4.78, 5) is 14.9. The van der Waals surface area contributed by atoms with Crippen LogP contribution in [0.4, 0.5) is 4.79 Å². The monoisotopic (exact) mass is 375 g/mol. The maximum Gasteiger partial charge on any atom is 0.404 e. The van der Waals surface area contributed by atoms with Crippen LogP contribution in [0.25, 0.3) is 10.9 Å². The Morgan fingerprint density at radius 2 is 2.12 bits per heavy atom. The molecule has 0 unspecified atom stereocenters. The van der Waals surface area contributed by atoms with Crippen molar-refractivity contribution in [2.24, 2.45) is 5.73 Å². The summed E-state index contributed by atoms with van der Waals surface area (Å²) in [6, 6.07) is 7.94. The molecule has 0 saturated heterocycles. The number of rotatable bonds is 6. The van der Waals surface area contributed by atoms with Crippen molar-refractivity contribution < 1.29 is 22.7 Å². The van der Waals surface area contributed by atoms with E-state index in [0.29, 0.717) is 28.6 Å². The number of carbonyl (C=O) groups excluding carboxylic acids is 1. The highest BCUT2D eigenvalue weighted by molar-refractivity contribution is 7.90. The Balaban J connectivity index is 2.07. The zero-order chi connectivity index (χ0) is 18.7. The average molecular weight is 375 g/mol. The molecular weight excluding hydrogens is 358 g/mol. The first-order valence-electron chi connectivity index (χ1n) is 7.69. The molecule has 3 aromatic rings. The molecule has 136 valence electrons. The number of hydrogen-bond donors (Lipinski definition) is 1. The van der Waals surface area contributed by atoms with E-state index < -0.39 is 16.1 Å². The molecule has 0 radical (unpaired) electrons. The summed E-state index contributed by atoms with van der Waals surface area (Å²) in [6.07, 6.45) is 4.00. The highest BCUT2D eigenvalue weighted by Gasteiger charge is 2.22. The largest absolute Gasteiger partial charge is 0.497 e. The van der Waals surface area contributed by atoms with E-state index in [9.17, 15) is 13.2 Å². The number of fused-ring (bicyclic) bond motifs is 1. The summed E-state index contributed by atoms with van der Waals surface area (Å²) >= 11 is 0. The fourth-order valence-electron chi connectivity index (χ4n) is 2.65. The van der Waals surface area contributed by atoms with E-state index in [0.717, 1.165) is 0 Å². The third-order valence-electron chi connectivity index (χ3n) is 3.87. The summed E-state index contributed by atoms with van der Waals surface area (Å²) in [5, 5.41) is 0.708. The number of aromatic nitrogens is 2. The van der Waals surface area contributed by atoms with Crippen LogP contribution in [0.15, 0.2) is 53.8 Å². The van der Waals surface area contributed by atoms with Gasteiger partial charge in [0, 0.05) is 30.3 Å². The molecule has 9 heteroatoms. The van der Waals surface area contributed by atoms with Crippen LogP contribution in [0.5, 0.6) is 5.75 Å². The zero-order valence-corrected chi connectivity index (χ0v) is 14.8. The van der Waals surface area contributed by atoms with Gasteiger partial charge in [-0.25, -0.2) is 17.2 Å². The number of carbonyl (C=O) groups is 1. The predicted octanol–water partition coefficient (Wildman–Crippen LogP) is 1.92. The lowest BCUT2D eigenvalue weighted by molar-refractivity contribution is 0.158. The minimum absolute atomic E-state index is 0.0516. The van der Waals surface area contributed by atoms with E-state index in [4.69, 9.17) is 15.2 Å². The smallest absolute Gasteiger partial charge is 0.404 e. The first kappa shape index (κ1) is 17.7. The fraction of sp³-hybridized carbons (Fsp3) is 0.176. The van der Waals surface area contributed by atoms with E-state index in [1.807, 2.05) is 0 Å². The van der Waals surface area contributed by atoms with Crippen LogP contribution < -0.4 is 10.5 Å². The van der Waals surface area contributed by atoms with Crippen LogP contribution in [-0.2, 0) is 21.2 Å². The van der Waals surface area contributed by atoms with Crippen molar-refractivity contribution in [1.82, 2.24) is 8.96 Å². The van der Waals surface area contributed by atoms with Crippen LogP contribution in [0, 0.1) is 0 Å². The van der Waals surface area contributed by atoms with Crippen LogP contribution in [0.2, 0.25) is 0 Å². The Labute approximate surface area is 150 Å². The summed E-state index contributed by atoms with van der Waals surface area (Å²) in [5.74, 6) is 0.441. The van der Waals surface area contributed by atoms with E-state index >= 15 is 0 Å². The van der Waals surface area contributed by atoms with Gasteiger partial charge in [-0.1, -0.05) is 6.07 Å². The van der Waals surface area contributed by atoms with Gasteiger partial charge in [0.1, 0.15) is 5.75 Å². The Morgan fingerprint density at radius 3 is 2.85 bits per heavy atom. The molecule has 2 heterocycles. The van der Waals surface area contributed by atoms with Gasteiger partial charge in [-0.3, -0.25) is 4.98 Å². The van der Waals surface area contributed by atoms with E-state index in [1.165, 1.54) is 35.6 Å². The summed E-state index contributed by atoms with van der Waals surface area (Å²) in [7, 11) is -2.38. The average Bonchev–Trinajstić information content (AvgIpc) is 3.01. The van der Waals surface area contributed by atoms with E-state index in [-0.39, 0.29) is 11.5 Å². The number of methoxy groups -OCH3 is 1. The number of amides is 1. The van der Waals surface area contributed by atoms with Gasteiger partial charge in [0.2, 0.25) is 0 Å². The van der Waals surface area contributed by atoms with Crippen molar-refractivity contribution in [2.45, 2.75) is 11.3 Å². The van der Waals surface area contributed by atoms with E-state index in [1.54, 1.807) is 24.4 Å². The third-order valence-corrected chi connectivity index (χ3v) is 5.54. The quantitative estimate of drug-likeness (QED) is 0.704. The molecule has 8 nitrogen and oxygen atoms in total. The Bertz CT molecular complexity index is 1060. The second kappa shape index (κ2) is 7.04. The van der Waals surface area contributed by atoms with Gasteiger partial charge >= 0.3 is 6.09 Å². The van der Waals surface area contributed by atoms with Crippen molar-refractivity contribution >= 4 is 27.0 Å². The molecule has 26 heavy (non-hydrogen) atoms. The number of pyridine rings is 1. The lowest BCUT2D eigenvalue weighted by atomic mass is 10.1. The number of nitrogens with zero attached hydrogens (tertiary/aromatic N) is 2. The highest BCUT2D eigenvalue weighted by atomic mass is 32.2. The molecule has 0 spiro atoms. The minimum atomic E-state index is -3.85. The molecule has 0 aliphatic heterocycles. The normalized spacial score (nSPS) is 11.4. The maximum atomic E-state index is 13.1. The molecule has 0 fully saturated rings. The van der Waals surface area contributed by atoms with Crippen molar-refractivity contribution in [3.05, 3.63) is 54.5 Å². The Morgan fingerprint density at radius 1 is 1.31 bits per heavy atom. The minimum Gasteiger partial charge on any atom is -0.497 e. The number of benzene rings is 1. The van der Waals surface area contributed by atoms with Gasteiger partial charge in [0.05, 0.1) is 30.3 Å². The van der Waals surface area contributed by atoms with Gasteiger partial charge in [-0.2, -0.15) is 0 Å². The first-order valence-corrected chi connectivity index (χ1v) is 9.13. The maximum absolute atomic E-state index is 13.1. The second-order valence-corrected chi connectivity index (χ2v) is 7.26.